The number of hydrogen-bond donors (Lipinski definition) is 0. The summed E-state index contributed by atoms with van der Waals surface area (Å²) < 4.78 is 1.74. The van der Waals surface area contributed by atoms with Crippen LogP contribution in [0.4, 0.5) is 0 Å². The lowest BCUT2D eigenvalue weighted by molar-refractivity contribution is 0.0682. The Morgan fingerprint density at radius 1 is 1.26 bits per heavy atom. The third-order valence-electron chi connectivity index (χ3n) is 5.51. The minimum absolute atomic E-state index is 0.105. The first-order chi connectivity index (χ1) is 13.1. The van der Waals surface area contributed by atoms with Crippen LogP contribution >= 0.6 is 0 Å². The van der Waals surface area contributed by atoms with Crippen LogP contribution in [0.25, 0.3) is 0 Å². The van der Waals surface area contributed by atoms with Gasteiger partial charge in [0.05, 0.1) is 5.69 Å². The highest BCUT2D eigenvalue weighted by Gasteiger charge is 2.25. The van der Waals surface area contributed by atoms with E-state index in [2.05, 4.69) is 48.2 Å². The zero-order chi connectivity index (χ0) is 19.2. The van der Waals surface area contributed by atoms with E-state index in [1.165, 1.54) is 18.4 Å². The summed E-state index contributed by atoms with van der Waals surface area (Å²) in [6.45, 7) is 5.87. The molecule has 0 aliphatic carbocycles. The average molecular weight is 369 g/mol. The van der Waals surface area contributed by atoms with Crippen LogP contribution < -0.4 is 0 Å². The molecule has 1 amide bonds. The van der Waals surface area contributed by atoms with Gasteiger partial charge in [0, 0.05) is 26.7 Å². The summed E-state index contributed by atoms with van der Waals surface area (Å²) in [6, 6.07) is 12.4. The molecule has 3 rings (SSSR count). The largest absolute Gasteiger partial charge is 0.337 e. The molecule has 1 aromatic heterocycles. The van der Waals surface area contributed by atoms with E-state index in [4.69, 9.17) is 0 Å². The lowest BCUT2D eigenvalue weighted by atomic mass is 9.97. The Labute approximate surface area is 163 Å². The van der Waals surface area contributed by atoms with Crippen LogP contribution in [0.15, 0.2) is 36.4 Å². The fourth-order valence-corrected chi connectivity index (χ4v) is 3.98. The van der Waals surface area contributed by atoms with Gasteiger partial charge in [-0.1, -0.05) is 37.3 Å². The van der Waals surface area contributed by atoms with Crippen molar-refractivity contribution in [2.45, 2.75) is 32.6 Å². The normalized spacial score (nSPS) is 17.8. The van der Waals surface area contributed by atoms with Gasteiger partial charge >= 0.3 is 0 Å². The third-order valence-corrected chi connectivity index (χ3v) is 5.51. The lowest BCUT2D eigenvalue weighted by Gasteiger charge is -2.34. The monoisotopic (exact) mass is 368 g/mol. The second-order valence-corrected chi connectivity index (χ2v) is 7.76. The van der Waals surface area contributed by atoms with Crippen LogP contribution in [-0.2, 0) is 19.9 Å². The quantitative estimate of drug-likeness (QED) is 0.754. The number of aromatic nitrogens is 2. The minimum Gasteiger partial charge on any atom is -0.337 e. The van der Waals surface area contributed by atoms with Gasteiger partial charge in [0.25, 0.3) is 5.91 Å². The zero-order valence-electron chi connectivity index (χ0n) is 16.9. The van der Waals surface area contributed by atoms with Crippen molar-refractivity contribution in [1.29, 1.82) is 0 Å². The Hall–Kier alpha value is -2.14. The molecule has 0 unspecified atom stereocenters. The molecule has 1 atom stereocenters. The minimum atomic E-state index is 0.105. The summed E-state index contributed by atoms with van der Waals surface area (Å²) in [7, 11) is 4.05. The van der Waals surface area contributed by atoms with Crippen LogP contribution in [0.3, 0.4) is 0 Å². The smallest absolute Gasteiger partial charge is 0.272 e. The second-order valence-electron chi connectivity index (χ2n) is 7.76. The number of amides is 1. The molecule has 1 aliphatic heterocycles. The predicted molar refractivity (Wildman–Crippen MR) is 109 cm³/mol. The molecule has 0 bridgehead atoms. The van der Waals surface area contributed by atoms with Crippen molar-refractivity contribution in [2.24, 2.45) is 13.0 Å². The number of nitrogens with zero attached hydrogens (tertiary/aromatic N) is 4. The van der Waals surface area contributed by atoms with Gasteiger partial charge in [0.1, 0.15) is 5.69 Å². The van der Waals surface area contributed by atoms with Gasteiger partial charge in [-0.2, -0.15) is 5.10 Å². The van der Waals surface area contributed by atoms with E-state index in [9.17, 15) is 4.79 Å². The Bertz CT molecular complexity index is 740. The number of carbonyl (C=O) groups excluding carboxylic acids is 1. The molecule has 1 saturated heterocycles. The molecular weight excluding hydrogens is 336 g/mol. The van der Waals surface area contributed by atoms with Crippen LogP contribution in [0.5, 0.6) is 0 Å². The first-order valence-electron chi connectivity index (χ1n) is 10.1. The fraction of sp³-hybridized carbons (Fsp3) is 0.545. The number of likely N-dealkylation sites (tertiary alicyclic amines) is 1. The Morgan fingerprint density at radius 3 is 2.70 bits per heavy atom. The number of aryl methyl sites for hydroxylation is 2. The highest BCUT2D eigenvalue weighted by molar-refractivity contribution is 5.92. The van der Waals surface area contributed by atoms with Crippen LogP contribution in [-0.4, -0.2) is 58.7 Å². The second kappa shape index (κ2) is 9.18. The van der Waals surface area contributed by atoms with E-state index >= 15 is 0 Å². The summed E-state index contributed by atoms with van der Waals surface area (Å²) in [4.78, 5) is 17.8. The maximum absolute atomic E-state index is 13.3. The van der Waals surface area contributed by atoms with E-state index in [0.29, 0.717) is 11.6 Å². The summed E-state index contributed by atoms with van der Waals surface area (Å²) in [5, 5.41) is 4.47. The highest BCUT2D eigenvalue weighted by atomic mass is 16.2. The Kier molecular flexibility index (Phi) is 6.67. The summed E-state index contributed by atoms with van der Waals surface area (Å²) >= 11 is 0. The molecule has 146 valence electrons. The van der Waals surface area contributed by atoms with E-state index in [1.807, 2.05) is 24.1 Å². The molecule has 5 nitrogen and oxygen atoms in total. The summed E-state index contributed by atoms with van der Waals surface area (Å²) in [5.41, 5.74) is 2.95. The van der Waals surface area contributed by atoms with Gasteiger partial charge in [-0.05, 0) is 56.8 Å². The Balaban J connectivity index is 1.74. The van der Waals surface area contributed by atoms with Crippen molar-refractivity contribution in [1.82, 2.24) is 19.6 Å². The molecule has 0 N–H and O–H groups in total. The van der Waals surface area contributed by atoms with Crippen molar-refractivity contribution in [3.63, 3.8) is 0 Å². The molecule has 0 spiro atoms. The van der Waals surface area contributed by atoms with Crippen LogP contribution in [0.2, 0.25) is 0 Å². The van der Waals surface area contributed by atoms with E-state index in [-0.39, 0.29) is 5.91 Å². The predicted octanol–water partition coefficient (Wildman–Crippen LogP) is 3.01. The van der Waals surface area contributed by atoms with Crippen molar-refractivity contribution in [3.8, 4) is 0 Å². The van der Waals surface area contributed by atoms with Crippen LogP contribution in [0.1, 0.15) is 41.5 Å². The number of benzene rings is 1. The first kappa shape index (κ1) is 19.6. The highest BCUT2D eigenvalue weighted by Crippen LogP contribution is 2.18. The average Bonchev–Trinajstić information content (AvgIpc) is 3.06. The SMILES string of the molecule is CCc1cc(C(=O)N(CCc2ccccc2)C[C@H]2CCCN(C)C2)n(C)n1. The molecule has 1 aliphatic rings. The number of carbonyl (C=O) groups is 1. The maximum Gasteiger partial charge on any atom is 0.272 e. The van der Waals surface area contributed by atoms with Crippen molar-refractivity contribution in [3.05, 3.63) is 53.3 Å². The number of hydrogen-bond acceptors (Lipinski definition) is 3. The van der Waals surface area contributed by atoms with Gasteiger partial charge < -0.3 is 9.80 Å². The van der Waals surface area contributed by atoms with Crippen molar-refractivity contribution >= 4 is 5.91 Å². The van der Waals surface area contributed by atoms with E-state index in [0.717, 1.165) is 44.7 Å². The maximum atomic E-state index is 13.3. The standard InChI is InChI=1S/C22H32N4O/c1-4-20-15-21(25(3)23-20)22(27)26(14-12-18-9-6-5-7-10-18)17-19-11-8-13-24(2)16-19/h5-7,9-10,15,19H,4,8,11-14,16-17H2,1-3H3/t19-/m0/s1. The molecule has 1 fully saturated rings. The molecule has 0 radical (unpaired) electrons. The first-order valence-corrected chi connectivity index (χ1v) is 10.1. The van der Waals surface area contributed by atoms with Gasteiger partial charge in [0.2, 0.25) is 0 Å². The van der Waals surface area contributed by atoms with Gasteiger partial charge in [-0.25, -0.2) is 0 Å². The van der Waals surface area contributed by atoms with Gasteiger partial charge in [0.15, 0.2) is 0 Å². The zero-order valence-corrected chi connectivity index (χ0v) is 16.9. The third kappa shape index (κ3) is 5.19. The fourth-order valence-electron chi connectivity index (χ4n) is 3.98. The molecule has 0 saturated carbocycles. The van der Waals surface area contributed by atoms with E-state index in [1.54, 1.807) is 4.68 Å². The summed E-state index contributed by atoms with van der Waals surface area (Å²) in [6.07, 6.45) is 4.14. The van der Waals surface area contributed by atoms with Crippen molar-refractivity contribution in [2.75, 3.05) is 33.2 Å². The Morgan fingerprint density at radius 2 is 2.04 bits per heavy atom. The molecule has 1 aromatic carbocycles. The molecule has 2 heterocycles. The molecular formula is C22H32N4O. The van der Waals surface area contributed by atoms with Crippen molar-refractivity contribution < 1.29 is 4.79 Å². The lowest BCUT2D eigenvalue weighted by Crippen LogP contribution is -2.43. The van der Waals surface area contributed by atoms with E-state index < -0.39 is 0 Å². The topological polar surface area (TPSA) is 41.4 Å². The van der Waals surface area contributed by atoms with Crippen LogP contribution in [0, 0.1) is 5.92 Å². The van der Waals surface area contributed by atoms with Gasteiger partial charge in [-0.15, -0.1) is 0 Å². The van der Waals surface area contributed by atoms with Gasteiger partial charge in [-0.3, -0.25) is 9.48 Å². The summed E-state index contributed by atoms with van der Waals surface area (Å²) in [5.74, 6) is 0.649. The number of piperidine rings is 1. The molecule has 27 heavy (non-hydrogen) atoms. The molecule has 2 aromatic rings. The molecule has 5 heteroatoms. The number of rotatable bonds is 7.